The van der Waals surface area contributed by atoms with Crippen LogP contribution in [0.15, 0.2) is 47.4 Å². The van der Waals surface area contributed by atoms with E-state index >= 15 is 0 Å². The average molecular weight is 330 g/mol. The second kappa shape index (κ2) is 7.62. The van der Waals surface area contributed by atoms with E-state index in [-0.39, 0.29) is 11.7 Å². The zero-order chi connectivity index (χ0) is 16.1. The summed E-state index contributed by atoms with van der Waals surface area (Å²) in [5, 5.41) is 6.27. The first-order valence-electron chi connectivity index (χ1n) is 7.67. The summed E-state index contributed by atoms with van der Waals surface area (Å²) in [6.07, 6.45) is 0.453. The van der Waals surface area contributed by atoms with Gasteiger partial charge in [-0.2, -0.15) is 0 Å². The van der Waals surface area contributed by atoms with Crippen LogP contribution in [0.4, 0.5) is 4.39 Å². The highest BCUT2D eigenvalue weighted by molar-refractivity contribution is 7.99. The van der Waals surface area contributed by atoms with Gasteiger partial charge in [0, 0.05) is 36.7 Å². The molecule has 1 heterocycles. The molecule has 0 aliphatic carbocycles. The predicted octanol–water partition coefficient (Wildman–Crippen LogP) is 3.23. The van der Waals surface area contributed by atoms with E-state index in [1.54, 1.807) is 23.9 Å². The normalized spacial score (nSPS) is 12.9. The lowest BCUT2D eigenvalue weighted by molar-refractivity contribution is -0.120. The van der Waals surface area contributed by atoms with Gasteiger partial charge in [0.2, 0.25) is 5.91 Å². The second-order valence-corrected chi connectivity index (χ2v) is 6.70. The molecule has 0 fully saturated rings. The summed E-state index contributed by atoms with van der Waals surface area (Å²) in [5.41, 5.74) is 3.80. The van der Waals surface area contributed by atoms with Crippen LogP contribution in [-0.4, -0.2) is 11.7 Å². The smallest absolute Gasteiger partial charge is 0.221 e. The SMILES string of the molecule is O=C(CCSc1ccc(F)cc1)NCc1ccc2c(c1)CNC2. The van der Waals surface area contributed by atoms with Crippen molar-refractivity contribution >= 4 is 17.7 Å². The van der Waals surface area contributed by atoms with Crippen LogP contribution in [0, 0.1) is 5.82 Å². The first kappa shape index (κ1) is 16.0. The van der Waals surface area contributed by atoms with Crippen LogP contribution >= 0.6 is 11.8 Å². The number of rotatable bonds is 6. The zero-order valence-corrected chi connectivity index (χ0v) is 13.6. The molecular weight excluding hydrogens is 311 g/mol. The lowest BCUT2D eigenvalue weighted by Gasteiger charge is -2.07. The first-order valence-corrected chi connectivity index (χ1v) is 8.66. The number of carbonyl (C=O) groups is 1. The molecule has 0 radical (unpaired) electrons. The Labute approximate surface area is 139 Å². The van der Waals surface area contributed by atoms with Crippen molar-refractivity contribution in [3.05, 3.63) is 65.0 Å². The molecule has 0 bridgehead atoms. The molecule has 1 aliphatic heterocycles. The van der Waals surface area contributed by atoms with Crippen molar-refractivity contribution in [1.82, 2.24) is 10.6 Å². The Hall–Kier alpha value is -1.85. The molecule has 3 rings (SSSR count). The van der Waals surface area contributed by atoms with Gasteiger partial charge >= 0.3 is 0 Å². The van der Waals surface area contributed by atoms with Gasteiger partial charge in [0.25, 0.3) is 0 Å². The lowest BCUT2D eigenvalue weighted by atomic mass is 10.1. The summed E-state index contributed by atoms with van der Waals surface area (Å²) < 4.78 is 12.8. The number of hydrogen-bond donors (Lipinski definition) is 2. The van der Waals surface area contributed by atoms with Crippen molar-refractivity contribution in [2.75, 3.05) is 5.75 Å². The summed E-state index contributed by atoms with van der Waals surface area (Å²) in [6, 6.07) is 12.7. The minimum absolute atomic E-state index is 0.0400. The van der Waals surface area contributed by atoms with Crippen molar-refractivity contribution in [3.63, 3.8) is 0 Å². The third-order valence-electron chi connectivity index (χ3n) is 3.80. The van der Waals surface area contributed by atoms with Gasteiger partial charge in [-0.15, -0.1) is 11.8 Å². The fourth-order valence-electron chi connectivity index (χ4n) is 2.54. The highest BCUT2D eigenvalue weighted by Gasteiger charge is 2.10. The Kier molecular flexibility index (Phi) is 5.31. The summed E-state index contributed by atoms with van der Waals surface area (Å²) >= 11 is 1.56. The molecule has 0 saturated carbocycles. The molecule has 3 nitrogen and oxygen atoms in total. The molecule has 0 saturated heterocycles. The van der Waals surface area contributed by atoms with Gasteiger partial charge in [-0.05, 0) is 41.0 Å². The molecule has 0 unspecified atom stereocenters. The number of thioether (sulfide) groups is 1. The third kappa shape index (κ3) is 4.56. The van der Waals surface area contributed by atoms with E-state index in [0.29, 0.717) is 18.7 Å². The van der Waals surface area contributed by atoms with E-state index in [9.17, 15) is 9.18 Å². The Morgan fingerprint density at radius 3 is 2.74 bits per heavy atom. The molecule has 0 spiro atoms. The van der Waals surface area contributed by atoms with E-state index < -0.39 is 0 Å². The number of amides is 1. The van der Waals surface area contributed by atoms with Crippen LogP contribution in [0.3, 0.4) is 0 Å². The highest BCUT2D eigenvalue weighted by atomic mass is 32.2. The van der Waals surface area contributed by atoms with E-state index in [1.807, 2.05) is 0 Å². The monoisotopic (exact) mass is 330 g/mol. The standard InChI is InChI=1S/C18H19FN2OS/c19-16-3-5-17(6-4-16)23-8-7-18(22)21-10-13-1-2-14-11-20-12-15(14)9-13/h1-6,9,20H,7-8,10-12H2,(H,21,22). The van der Waals surface area contributed by atoms with Crippen LogP contribution in [0.1, 0.15) is 23.1 Å². The number of hydrogen-bond acceptors (Lipinski definition) is 3. The first-order chi connectivity index (χ1) is 11.2. The predicted molar refractivity (Wildman–Crippen MR) is 90.6 cm³/mol. The van der Waals surface area contributed by atoms with Crippen LogP contribution in [0.25, 0.3) is 0 Å². The minimum atomic E-state index is -0.239. The quantitative estimate of drug-likeness (QED) is 0.799. The molecule has 1 aliphatic rings. The fraction of sp³-hybridized carbons (Fsp3) is 0.278. The van der Waals surface area contributed by atoms with Gasteiger partial charge in [-0.3, -0.25) is 4.79 Å². The zero-order valence-electron chi connectivity index (χ0n) is 12.8. The van der Waals surface area contributed by atoms with E-state index in [2.05, 4.69) is 28.8 Å². The van der Waals surface area contributed by atoms with Crippen LogP contribution in [-0.2, 0) is 24.4 Å². The number of halogens is 1. The molecule has 0 aromatic heterocycles. The van der Waals surface area contributed by atoms with Crippen LogP contribution in [0.2, 0.25) is 0 Å². The van der Waals surface area contributed by atoms with Gasteiger partial charge in [-0.25, -0.2) is 4.39 Å². The molecular formula is C18H19FN2OS. The largest absolute Gasteiger partial charge is 0.352 e. The molecule has 5 heteroatoms. The number of carbonyl (C=O) groups excluding carboxylic acids is 1. The molecule has 2 aromatic rings. The Bertz CT molecular complexity index is 688. The summed E-state index contributed by atoms with van der Waals surface area (Å²) in [6.45, 7) is 2.40. The maximum absolute atomic E-state index is 12.8. The van der Waals surface area contributed by atoms with Crippen molar-refractivity contribution in [3.8, 4) is 0 Å². The topological polar surface area (TPSA) is 41.1 Å². The van der Waals surface area contributed by atoms with Gasteiger partial charge in [0.1, 0.15) is 5.82 Å². The van der Waals surface area contributed by atoms with Crippen LogP contribution < -0.4 is 10.6 Å². The maximum Gasteiger partial charge on any atom is 0.221 e. The van der Waals surface area contributed by atoms with Gasteiger partial charge < -0.3 is 10.6 Å². The van der Waals surface area contributed by atoms with E-state index in [1.165, 1.54) is 23.3 Å². The Morgan fingerprint density at radius 2 is 1.91 bits per heavy atom. The molecule has 2 aromatic carbocycles. The molecule has 120 valence electrons. The Balaban J connectivity index is 1.40. The van der Waals surface area contributed by atoms with E-state index in [0.717, 1.165) is 23.5 Å². The van der Waals surface area contributed by atoms with Gasteiger partial charge in [0.15, 0.2) is 0 Å². The second-order valence-electron chi connectivity index (χ2n) is 5.54. The summed E-state index contributed by atoms with van der Waals surface area (Å²) in [5.74, 6) is 0.487. The molecule has 2 N–H and O–H groups in total. The number of nitrogens with one attached hydrogen (secondary N) is 2. The number of fused-ring (bicyclic) bond motifs is 1. The van der Waals surface area contributed by atoms with Crippen molar-refractivity contribution in [2.24, 2.45) is 0 Å². The third-order valence-corrected chi connectivity index (χ3v) is 4.82. The summed E-state index contributed by atoms with van der Waals surface area (Å²) in [7, 11) is 0. The number of benzene rings is 2. The maximum atomic E-state index is 12.8. The average Bonchev–Trinajstić information content (AvgIpc) is 3.02. The van der Waals surface area contributed by atoms with Crippen LogP contribution in [0.5, 0.6) is 0 Å². The van der Waals surface area contributed by atoms with Crippen molar-refractivity contribution < 1.29 is 9.18 Å². The molecule has 0 atom stereocenters. The lowest BCUT2D eigenvalue weighted by Crippen LogP contribution is -2.23. The van der Waals surface area contributed by atoms with Crippen molar-refractivity contribution in [1.29, 1.82) is 0 Å². The Morgan fingerprint density at radius 1 is 1.13 bits per heavy atom. The van der Waals surface area contributed by atoms with Gasteiger partial charge in [0.05, 0.1) is 0 Å². The fourth-order valence-corrected chi connectivity index (χ4v) is 3.39. The van der Waals surface area contributed by atoms with Gasteiger partial charge in [-0.1, -0.05) is 18.2 Å². The minimum Gasteiger partial charge on any atom is -0.352 e. The van der Waals surface area contributed by atoms with Crippen molar-refractivity contribution in [2.45, 2.75) is 31.0 Å². The summed E-state index contributed by atoms with van der Waals surface area (Å²) in [4.78, 5) is 12.9. The van der Waals surface area contributed by atoms with E-state index in [4.69, 9.17) is 0 Å². The molecule has 1 amide bonds. The molecule has 23 heavy (non-hydrogen) atoms. The highest BCUT2D eigenvalue weighted by Crippen LogP contribution is 2.19.